The van der Waals surface area contributed by atoms with Crippen molar-refractivity contribution in [2.24, 2.45) is 11.8 Å². The van der Waals surface area contributed by atoms with Crippen LogP contribution in [-0.4, -0.2) is 25.9 Å². The highest BCUT2D eigenvalue weighted by Crippen LogP contribution is 2.30. The Hall–Kier alpha value is -2.77. The summed E-state index contributed by atoms with van der Waals surface area (Å²) in [5, 5.41) is 3.98. The summed E-state index contributed by atoms with van der Waals surface area (Å²) in [6, 6.07) is 17.9. The lowest BCUT2D eigenvalue weighted by molar-refractivity contribution is -0.121. The lowest BCUT2D eigenvalue weighted by atomic mass is 9.81. The number of hydrogen-bond acceptors (Lipinski definition) is 4. The van der Waals surface area contributed by atoms with Gasteiger partial charge in [0.2, 0.25) is 15.9 Å². The van der Waals surface area contributed by atoms with Gasteiger partial charge >= 0.3 is 0 Å². The highest BCUT2D eigenvalue weighted by molar-refractivity contribution is 7.89. The van der Waals surface area contributed by atoms with Crippen LogP contribution in [0.25, 0.3) is 10.9 Å². The number of carbonyl (C=O) groups excluding carboxylic acids is 1. The van der Waals surface area contributed by atoms with Crippen molar-refractivity contribution in [2.45, 2.75) is 30.6 Å². The smallest absolute Gasteiger partial charge is 0.240 e. The third-order valence-electron chi connectivity index (χ3n) is 5.74. The van der Waals surface area contributed by atoms with Gasteiger partial charge in [-0.3, -0.25) is 9.78 Å². The van der Waals surface area contributed by atoms with Gasteiger partial charge in [-0.15, -0.1) is 0 Å². The van der Waals surface area contributed by atoms with Crippen LogP contribution in [0.15, 0.2) is 71.8 Å². The van der Waals surface area contributed by atoms with E-state index in [4.69, 9.17) is 0 Å². The predicted molar refractivity (Wildman–Crippen MR) is 117 cm³/mol. The predicted octanol–water partition coefficient (Wildman–Crippen LogP) is 3.96. The normalized spacial score (nSPS) is 19.5. The Morgan fingerprint density at radius 2 is 1.70 bits per heavy atom. The van der Waals surface area contributed by atoms with E-state index in [9.17, 15) is 13.2 Å². The Bertz CT molecular complexity index is 1120. The standard InChI is InChI=1S/C23H25N3O3S/c27-23(26-22-10-4-9-21-20(22)8-5-15-24-21)18-13-11-17(12-14-18)16-25-30(28,29)19-6-2-1-3-7-19/h1-10,15,17-18,25H,11-14,16H2,(H,26,27). The fraction of sp³-hybridized carbons (Fsp3) is 0.304. The maximum atomic E-state index is 12.8. The molecule has 0 bridgehead atoms. The average Bonchev–Trinajstić information content (AvgIpc) is 2.79. The second-order valence-electron chi connectivity index (χ2n) is 7.75. The minimum Gasteiger partial charge on any atom is -0.325 e. The third-order valence-corrected chi connectivity index (χ3v) is 7.18. The van der Waals surface area contributed by atoms with Crippen molar-refractivity contribution in [3.8, 4) is 0 Å². The van der Waals surface area contributed by atoms with Gasteiger partial charge < -0.3 is 5.32 Å². The van der Waals surface area contributed by atoms with Crippen LogP contribution < -0.4 is 10.0 Å². The first kappa shape index (κ1) is 20.5. The van der Waals surface area contributed by atoms with Gasteiger partial charge in [-0.25, -0.2) is 13.1 Å². The van der Waals surface area contributed by atoms with Gasteiger partial charge in [0, 0.05) is 24.0 Å². The summed E-state index contributed by atoms with van der Waals surface area (Å²) in [6.45, 7) is 0.403. The number of carbonyl (C=O) groups is 1. The lowest BCUT2D eigenvalue weighted by Gasteiger charge is -2.28. The Morgan fingerprint density at radius 1 is 0.933 bits per heavy atom. The molecule has 1 aliphatic carbocycles. The largest absolute Gasteiger partial charge is 0.325 e. The van der Waals surface area contributed by atoms with Crippen molar-refractivity contribution in [3.63, 3.8) is 0 Å². The molecule has 0 atom stereocenters. The number of fused-ring (bicyclic) bond motifs is 1. The first-order valence-corrected chi connectivity index (χ1v) is 11.7. The van der Waals surface area contributed by atoms with Gasteiger partial charge in [0.05, 0.1) is 16.1 Å². The summed E-state index contributed by atoms with van der Waals surface area (Å²) in [7, 11) is -3.49. The number of rotatable bonds is 6. The summed E-state index contributed by atoms with van der Waals surface area (Å²) in [6.07, 6.45) is 4.90. The Morgan fingerprint density at radius 3 is 2.47 bits per heavy atom. The number of pyridine rings is 1. The molecule has 30 heavy (non-hydrogen) atoms. The summed E-state index contributed by atoms with van der Waals surface area (Å²) in [5.74, 6) is 0.211. The van der Waals surface area contributed by atoms with Crippen LogP contribution in [0, 0.1) is 11.8 Å². The number of hydrogen-bond donors (Lipinski definition) is 2. The second kappa shape index (κ2) is 8.93. The van der Waals surface area contributed by atoms with Gasteiger partial charge in [0.15, 0.2) is 0 Å². The molecule has 7 heteroatoms. The molecule has 1 heterocycles. The van der Waals surface area contributed by atoms with Gasteiger partial charge in [-0.2, -0.15) is 0 Å². The summed E-state index contributed by atoms with van der Waals surface area (Å²) in [5.41, 5.74) is 1.63. The van der Waals surface area contributed by atoms with E-state index in [-0.39, 0.29) is 22.6 Å². The average molecular weight is 424 g/mol. The maximum Gasteiger partial charge on any atom is 0.240 e. The van der Waals surface area contributed by atoms with E-state index < -0.39 is 10.0 Å². The topological polar surface area (TPSA) is 88.2 Å². The third kappa shape index (κ3) is 4.68. The molecule has 1 amide bonds. The number of amides is 1. The van der Waals surface area contributed by atoms with Gasteiger partial charge in [0.1, 0.15) is 0 Å². The van der Waals surface area contributed by atoms with E-state index in [2.05, 4.69) is 15.0 Å². The molecule has 1 saturated carbocycles. The molecule has 6 nitrogen and oxygen atoms in total. The quantitative estimate of drug-likeness (QED) is 0.628. The van der Waals surface area contributed by atoms with Gasteiger partial charge in [0.25, 0.3) is 0 Å². The van der Waals surface area contributed by atoms with E-state index in [1.54, 1.807) is 36.5 Å². The second-order valence-corrected chi connectivity index (χ2v) is 9.51. The monoisotopic (exact) mass is 423 g/mol. The van der Waals surface area contributed by atoms with Crippen LogP contribution in [0.2, 0.25) is 0 Å². The Labute approximate surface area is 176 Å². The highest BCUT2D eigenvalue weighted by Gasteiger charge is 2.27. The van der Waals surface area contributed by atoms with Crippen LogP contribution in [0.3, 0.4) is 0 Å². The molecule has 0 saturated heterocycles. The molecular weight excluding hydrogens is 398 g/mol. The van der Waals surface area contributed by atoms with E-state index >= 15 is 0 Å². The SMILES string of the molecule is O=C(Nc1cccc2ncccc12)C1CCC(CNS(=O)(=O)c2ccccc2)CC1. The molecule has 2 aromatic carbocycles. The molecule has 1 aromatic heterocycles. The number of sulfonamides is 1. The molecule has 0 radical (unpaired) electrons. The number of anilines is 1. The summed E-state index contributed by atoms with van der Waals surface area (Å²) >= 11 is 0. The lowest BCUT2D eigenvalue weighted by Crippen LogP contribution is -2.33. The van der Waals surface area contributed by atoms with E-state index in [1.807, 2.05) is 30.3 Å². The van der Waals surface area contributed by atoms with Crippen LogP contribution in [0.4, 0.5) is 5.69 Å². The van der Waals surface area contributed by atoms with Gasteiger partial charge in [-0.05, 0) is 68.0 Å². The van der Waals surface area contributed by atoms with Crippen LogP contribution in [0.1, 0.15) is 25.7 Å². The Balaban J connectivity index is 1.30. The number of nitrogens with one attached hydrogen (secondary N) is 2. The molecule has 0 aliphatic heterocycles. The molecule has 156 valence electrons. The van der Waals surface area contributed by atoms with Gasteiger partial charge in [-0.1, -0.05) is 24.3 Å². The molecule has 2 N–H and O–H groups in total. The molecule has 3 aromatic rings. The molecule has 0 spiro atoms. The van der Waals surface area contributed by atoms with E-state index in [0.29, 0.717) is 6.54 Å². The Kier molecular flexibility index (Phi) is 6.11. The maximum absolute atomic E-state index is 12.8. The zero-order valence-corrected chi connectivity index (χ0v) is 17.4. The van der Waals surface area contributed by atoms with Crippen molar-refractivity contribution < 1.29 is 13.2 Å². The van der Waals surface area contributed by atoms with Crippen molar-refractivity contribution >= 4 is 32.5 Å². The molecule has 1 aliphatic rings. The van der Waals surface area contributed by atoms with E-state index in [0.717, 1.165) is 42.3 Å². The first-order valence-electron chi connectivity index (χ1n) is 10.2. The highest BCUT2D eigenvalue weighted by atomic mass is 32.2. The molecule has 0 unspecified atom stereocenters. The van der Waals surface area contributed by atoms with Crippen LogP contribution in [0.5, 0.6) is 0 Å². The number of nitrogens with zero attached hydrogens (tertiary/aromatic N) is 1. The zero-order chi connectivity index (χ0) is 21.0. The summed E-state index contributed by atoms with van der Waals surface area (Å²) in [4.78, 5) is 17.4. The molecular formula is C23H25N3O3S. The van der Waals surface area contributed by atoms with Crippen molar-refractivity contribution in [3.05, 3.63) is 66.9 Å². The minimum absolute atomic E-state index is 0.0228. The minimum atomic E-state index is -3.49. The fourth-order valence-corrected chi connectivity index (χ4v) is 5.12. The fourth-order valence-electron chi connectivity index (χ4n) is 3.99. The van der Waals surface area contributed by atoms with Crippen molar-refractivity contribution in [1.29, 1.82) is 0 Å². The van der Waals surface area contributed by atoms with Crippen molar-refractivity contribution in [2.75, 3.05) is 11.9 Å². The summed E-state index contributed by atoms with van der Waals surface area (Å²) < 4.78 is 27.5. The van der Waals surface area contributed by atoms with Crippen LogP contribution >= 0.6 is 0 Å². The zero-order valence-electron chi connectivity index (χ0n) is 16.6. The molecule has 4 rings (SSSR count). The number of aromatic nitrogens is 1. The number of benzene rings is 2. The first-order chi connectivity index (χ1) is 14.5. The molecule has 1 fully saturated rings. The van der Waals surface area contributed by atoms with E-state index in [1.165, 1.54) is 0 Å². The van der Waals surface area contributed by atoms with Crippen molar-refractivity contribution in [1.82, 2.24) is 9.71 Å². The van der Waals surface area contributed by atoms with Crippen LogP contribution in [-0.2, 0) is 14.8 Å².